The molecule has 1 aromatic carbocycles. The van der Waals surface area contributed by atoms with Crippen molar-refractivity contribution in [2.45, 2.75) is 6.92 Å². The van der Waals surface area contributed by atoms with Crippen LogP contribution in [0.2, 0.25) is 0 Å². The van der Waals surface area contributed by atoms with Gasteiger partial charge in [-0.25, -0.2) is 0 Å². The molecular formula is C10H10N2O. The number of aromatic nitrogens is 2. The predicted molar refractivity (Wildman–Crippen MR) is 50.8 cm³/mol. The second-order valence-electron chi connectivity index (χ2n) is 2.89. The molecule has 2 rings (SSSR count). The Hall–Kier alpha value is -1.64. The smallest absolute Gasteiger partial charge is 0.241 e. The van der Waals surface area contributed by atoms with Gasteiger partial charge >= 0.3 is 0 Å². The van der Waals surface area contributed by atoms with E-state index in [9.17, 15) is 0 Å². The first-order valence-electron chi connectivity index (χ1n) is 4.08. The lowest BCUT2D eigenvalue weighted by atomic mass is 10.1. The van der Waals surface area contributed by atoms with Gasteiger partial charge in [-0.3, -0.25) is 0 Å². The molecule has 1 aromatic heterocycles. The number of aryl methyl sites for hydroxylation is 1. The Bertz CT molecular complexity index is 440. The Labute approximate surface area is 76.4 Å². The summed E-state index contributed by atoms with van der Waals surface area (Å²) in [5.74, 6) is 0.584. The van der Waals surface area contributed by atoms with Crippen molar-refractivity contribution in [3.63, 3.8) is 0 Å². The average Bonchev–Trinajstić information content (AvgIpc) is 2.18. The summed E-state index contributed by atoms with van der Waals surface area (Å²) >= 11 is 0. The van der Waals surface area contributed by atoms with Crippen LogP contribution >= 0.6 is 0 Å². The monoisotopic (exact) mass is 174 g/mol. The zero-order chi connectivity index (χ0) is 9.26. The van der Waals surface area contributed by atoms with Gasteiger partial charge in [0.2, 0.25) is 5.88 Å². The van der Waals surface area contributed by atoms with Gasteiger partial charge in [0.25, 0.3) is 0 Å². The molecule has 0 aliphatic rings. The zero-order valence-electron chi connectivity index (χ0n) is 7.61. The number of hydrogen-bond acceptors (Lipinski definition) is 3. The molecule has 13 heavy (non-hydrogen) atoms. The maximum absolute atomic E-state index is 5.11. The van der Waals surface area contributed by atoms with E-state index in [1.807, 2.05) is 25.1 Å². The summed E-state index contributed by atoms with van der Waals surface area (Å²) in [5.41, 5.74) is 1.19. The van der Waals surface area contributed by atoms with E-state index in [0.717, 1.165) is 10.8 Å². The number of benzene rings is 1. The number of fused-ring (bicyclic) bond motifs is 1. The molecule has 0 N–H and O–H groups in total. The second-order valence-corrected chi connectivity index (χ2v) is 2.89. The Kier molecular flexibility index (Phi) is 1.85. The van der Waals surface area contributed by atoms with Crippen molar-refractivity contribution < 1.29 is 4.74 Å². The Morgan fingerprint density at radius 2 is 2.08 bits per heavy atom. The van der Waals surface area contributed by atoms with E-state index < -0.39 is 0 Å². The van der Waals surface area contributed by atoms with Crippen molar-refractivity contribution in [3.05, 3.63) is 30.0 Å². The Morgan fingerprint density at radius 1 is 1.23 bits per heavy atom. The molecule has 66 valence electrons. The van der Waals surface area contributed by atoms with Crippen molar-refractivity contribution in [1.29, 1.82) is 0 Å². The third kappa shape index (κ3) is 1.22. The third-order valence-corrected chi connectivity index (χ3v) is 2.08. The highest BCUT2D eigenvalue weighted by Gasteiger charge is 2.03. The fraction of sp³-hybridized carbons (Fsp3) is 0.200. The Morgan fingerprint density at radius 3 is 2.85 bits per heavy atom. The van der Waals surface area contributed by atoms with Gasteiger partial charge in [0.05, 0.1) is 13.3 Å². The summed E-state index contributed by atoms with van der Waals surface area (Å²) in [5, 5.41) is 9.87. The molecule has 0 radical (unpaired) electrons. The lowest BCUT2D eigenvalue weighted by Crippen LogP contribution is -1.92. The quantitative estimate of drug-likeness (QED) is 0.662. The summed E-state index contributed by atoms with van der Waals surface area (Å²) in [6.45, 7) is 2.05. The maximum Gasteiger partial charge on any atom is 0.241 e. The van der Waals surface area contributed by atoms with Crippen molar-refractivity contribution in [3.8, 4) is 5.88 Å². The van der Waals surface area contributed by atoms with E-state index in [-0.39, 0.29) is 0 Å². The van der Waals surface area contributed by atoms with Crippen molar-refractivity contribution in [2.75, 3.05) is 7.11 Å². The maximum atomic E-state index is 5.11. The normalized spacial score (nSPS) is 10.3. The van der Waals surface area contributed by atoms with Gasteiger partial charge in [0.15, 0.2) is 0 Å². The summed E-state index contributed by atoms with van der Waals surface area (Å²) in [4.78, 5) is 0. The molecule has 1 heterocycles. The molecular weight excluding hydrogens is 164 g/mol. The molecule has 0 fully saturated rings. The number of rotatable bonds is 1. The highest BCUT2D eigenvalue weighted by atomic mass is 16.5. The lowest BCUT2D eigenvalue weighted by Gasteiger charge is -2.03. The largest absolute Gasteiger partial charge is 0.479 e. The molecule has 0 spiro atoms. The van der Waals surface area contributed by atoms with Gasteiger partial charge in [-0.2, -0.15) is 5.10 Å². The van der Waals surface area contributed by atoms with Crippen LogP contribution in [0.3, 0.4) is 0 Å². The summed E-state index contributed by atoms with van der Waals surface area (Å²) in [7, 11) is 1.60. The third-order valence-electron chi connectivity index (χ3n) is 2.08. The minimum atomic E-state index is 0.584. The molecule has 0 aliphatic heterocycles. The van der Waals surface area contributed by atoms with Crippen LogP contribution in [0.4, 0.5) is 0 Å². The van der Waals surface area contributed by atoms with Crippen LogP contribution in [0.5, 0.6) is 5.88 Å². The molecule has 2 aromatic rings. The van der Waals surface area contributed by atoms with Gasteiger partial charge in [-0.15, -0.1) is 5.10 Å². The van der Waals surface area contributed by atoms with E-state index in [2.05, 4.69) is 10.2 Å². The molecule has 0 amide bonds. The topological polar surface area (TPSA) is 35.0 Å². The average molecular weight is 174 g/mol. The predicted octanol–water partition coefficient (Wildman–Crippen LogP) is 1.95. The summed E-state index contributed by atoms with van der Waals surface area (Å²) < 4.78 is 5.11. The van der Waals surface area contributed by atoms with Crippen LogP contribution in [-0.4, -0.2) is 17.3 Å². The van der Waals surface area contributed by atoms with Crippen molar-refractivity contribution in [1.82, 2.24) is 10.2 Å². The molecule has 3 heteroatoms. The highest BCUT2D eigenvalue weighted by molar-refractivity contribution is 5.88. The van der Waals surface area contributed by atoms with Crippen LogP contribution in [0, 0.1) is 6.92 Å². The van der Waals surface area contributed by atoms with Gasteiger partial charge in [0, 0.05) is 10.8 Å². The minimum Gasteiger partial charge on any atom is -0.479 e. The van der Waals surface area contributed by atoms with Crippen LogP contribution in [0.25, 0.3) is 10.8 Å². The molecule has 0 saturated heterocycles. The first-order valence-corrected chi connectivity index (χ1v) is 4.08. The fourth-order valence-electron chi connectivity index (χ4n) is 1.38. The summed E-state index contributed by atoms with van der Waals surface area (Å²) in [6, 6.07) is 6.02. The highest BCUT2D eigenvalue weighted by Crippen LogP contribution is 2.23. The summed E-state index contributed by atoms with van der Waals surface area (Å²) in [6.07, 6.45) is 1.76. The van der Waals surface area contributed by atoms with Crippen LogP contribution in [0.1, 0.15) is 5.56 Å². The van der Waals surface area contributed by atoms with Gasteiger partial charge in [-0.05, 0) is 18.6 Å². The standard InChI is InChI=1S/C10H10N2O/c1-7-4-3-5-8-9(7)6-11-12-10(8)13-2/h3-6H,1-2H3. The molecule has 3 nitrogen and oxygen atoms in total. The minimum absolute atomic E-state index is 0.584. The van der Waals surface area contributed by atoms with Gasteiger partial charge in [0.1, 0.15) is 0 Å². The van der Waals surface area contributed by atoms with Crippen molar-refractivity contribution in [2.24, 2.45) is 0 Å². The number of methoxy groups -OCH3 is 1. The molecule has 0 saturated carbocycles. The molecule has 0 bridgehead atoms. The van der Waals surface area contributed by atoms with E-state index in [0.29, 0.717) is 5.88 Å². The van der Waals surface area contributed by atoms with Gasteiger partial charge in [-0.1, -0.05) is 12.1 Å². The van der Waals surface area contributed by atoms with E-state index in [1.165, 1.54) is 5.56 Å². The number of ether oxygens (including phenoxy) is 1. The van der Waals surface area contributed by atoms with Crippen LogP contribution in [0.15, 0.2) is 24.4 Å². The zero-order valence-corrected chi connectivity index (χ0v) is 7.61. The van der Waals surface area contributed by atoms with E-state index in [4.69, 9.17) is 4.74 Å². The van der Waals surface area contributed by atoms with Crippen molar-refractivity contribution >= 4 is 10.8 Å². The SMILES string of the molecule is COc1nncc2c(C)cccc12. The Balaban J connectivity index is 2.84. The fourth-order valence-corrected chi connectivity index (χ4v) is 1.38. The van der Waals surface area contributed by atoms with Crippen LogP contribution < -0.4 is 4.74 Å². The van der Waals surface area contributed by atoms with E-state index >= 15 is 0 Å². The first kappa shape index (κ1) is 7.98. The molecule has 0 aliphatic carbocycles. The number of hydrogen-bond donors (Lipinski definition) is 0. The van der Waals surface area contributed by atoms with Gasteiger partial charge < -0.3 is 4.74 Å². The van der Waals surface area contributed by atoms with Crippen LogP contribution in [-0.2, 0) is 0 Å². The second kappa shape index (κ2) is 3.01. The molecule has 0 atom stereocenters. The first-order chi connectivity index (χ1) is 6.33. The lowest BCUT2D eigenvalue weighted by molar-refractivity contribution is 0.398. The van der Waals surface area contributed by atoms with E-state index in [1.54, 1.807) is 13.3 Å². The molecule has 0 unspecified atom stereocenters. The number of nitrogens with zero attached hydrogens (tertiary/aromatic N) is 2.